The zero-order valence-corrected chi connectivity index (χ0v) is 14.9. The minimum atomic E-state index is -0.633. The van der Waals surface area contributed by atoms with E-state index in [0.29, 0.717) is 15.8 Å². The third kappa shape index (κ3) is 5.64. The summed E-state index contributed by atoms with van der Waals surface area (Å²) in [6.07, 6.45) is -0.624. The first-order chi connectivity index (χ1) is 11.2. The third-order valence-electron chi connectivity index (χ3n) is 2.46. The number of carbonyl (C=O) groups is 1. The summed E-state index contributed by atoms with van der Waals surface area (Å²) in [5.41, 5.74) is -0.331. The molecule has 8 heteroatoms. The van der Waals surface area contributed by atoms with Crippen LogP contribution in [0.2, 0.25) is 0 Å². The van der Waals surface area contributed by atoms with Gasteiger partial charge in [-0.3, -0.25) is 5.32 Å². The van der Waals surface area contributed by atoms with E-state index in [1.165, 1.54) is 6.07 Å². The highest BCUT2D eigenvalue weighted by Gasteiger charge is 2.17. The lowest BCUT2D eigenvalue weighted by atomic mass is 10.2. The molecule has 0 fully saturated rings. The van der Waals surface area contributed by atoms with Crippen LogP contribution in [0, 0.1) is 34.0 Å². The number of nitrogens with one attached hydrogen (secondary N) is 2. The molecule has 0 saturated heterocycles. The molecule has 0 radical (unpaired) electrons. The molecule has 1 rings (SSSR count). The fraction of sp³-hybridized carbons (Fsp3) is 0.250. The average molecular weight is 388 g/mol. The summed E-state index contributed by atoms with van der Waals surface area (Å²) in [6.45, 7) is 5.24. The van der Waals surface area contributed by atoms with Crippen LogP contribution in [0.1, 0.15) is 20.8 Å². The van der Waals surface area contributed by atoms with Crippen LogP contribution in [-0.4, -0.2) is 11.7 Å². The van der Waals surface area contributed by atoms with Crippen molar-refractivity contribution in [2.75, 3.05) is 10.6 Å². The van der Waals surface area contributed by atoms with Gasteiger partial charge in [-0.25, -0.2) is 4.79 Å². The van der Waals surface area contributed by atoms with Gasteiger partial charge in [-0.05, 0) is 54.9 Å². The first-order valence-corrected chi connectivity index (χ1v) is 7.50. The number of hydrogen-bond acceptors (Lipinski definition) is 6. The quantitative estimate of drug-likeness (QED) is 0.754. The molecule has 0 heterocycles. The van der Waals surface area contributed by atoms with E-state index < -0.39 is 11.7 Å². The maximum atomic E-state index is 11.8. The molecule has 0 atom stereocenters. The smallest absolute Gasteiger partial charge is 0.412 e. The van der Waals surface area contributed by atoms with Gasteiger partial charge in [0, 0.05) is 10.2 Å². The molecule has 24 heavy (non-hydrogen) atoms. The number of amides is 1. The number of nitriles is 3. The Kier molecular flexibility index (Phi) is 6.35. The third-order valence-corrected chi connectivity index (χ3v) is 3.15. The zero-order chi connectivity index (χ0) is 18.3. The molecule has 1 aromatic carbocycles. The first-order valence-electron chi connectivity index (χ1n) is 6.71. The normalized spacial score (nSPS) is 9.71. The van der Waals surface area contributed by atoms with Crippen LogP contribution < -0.4 is 10.6 Å². The van der Waals surface area contributed by atoms with Crippen molar-refractivity contribution in [3.8, 4) is 18.2 Å². The Morgan fingerprint density at radius 2 is 1.75 bits per heavy atom. The van der Waals surface area contributed by atoms with Gasteiger partial charge in [0.1, 0.15) is 29.5 Å². The highest BCUT2D eigenvalue weighted by molar-refractivity contribution is 9.10. The van der Waals surface area contributed by atoms with Crippen molar-refractivity contribution in [3.63, 3.8) is 0 Å². The van der Waals surface area contributed by atoms with E-state index in [1.54, 1.807) is 51.1 Å². The van der Waals surface area contributed by atoms with Crippen molar-refractivity contribution >= 4 is 33.4 Å². The van der Waals surface area contributed by atoms with Gasteiger partial charge in [0.15, 0.2) is 5.57 Å². The van der Waals surface area contributed by atoms with Crippen molar-refractivity contribution in [2.24, 2.45) is 0 Å². The number of allylic oxidation sites excluding steroid dienone is 2. The van der Waals surface area contributed by atoms with Crippen LogP contribution >= 0.6 is 15.9 Å². The van der Waals surface area contributed by atoms with Crippen molar-refractivity contribution in [2.45, 2.75) is 26.4 Å². The minimum absolute atomic E-state index is 0.185. The maximum Gasteiger partial charge on any atom is 0.412 e. The second-order valence-corrected chi connectivity index (χ2v) is 6.39. The Bertz CT molecular complexity index is 788. The van der Waals surface area contributed by atoms with Gasteiger partial charge in [0.2, 0.25) is 0 Å². The molecule has 0 aliphatic rings. The zero-order valence-electron chi connectivity index (χ0n) is 13.3. The molecule has 122 valence electrons. The summed E-state index contributed by atoms with van der Waals surface area (Å²) in [6, 6.07) is 9.86. The average Bonchev–Trinajstić information content (AvgIpc) is 2.48. The standard InChI is InChI=1S/C16H14BrN5O2/c1-16(2,3)24-15(23)21-11-4-5-12(17)13(6-11)22-14(9-20)10(7-18)8-19/h4-6,22H,1-3H3,(H,21,23). The number of hydrogen-bond donors (Lipinski definition) is 2. The van der Waals surface area contributed by atoms with E-state index in [-0.39, 0.29) is 11.3 Å². The van der Waals surface area contributed by atoms with Gasteiger partial charge in [-0.1, -0.05) is 0 Å². The van der Waals surface area contributed by atoms with E-state index in [2.05, 4.69) is 26.6 Å². The van der Waals surface area contributed by atoms with E-state index in [4.69, 9.17) is 20.5 Å². The lowest BCUT2D eigenvalue weighted by molar-refractivity contribution is 0.0636. The largest absolute Gasteiger partial charge is 0.444 e. The highest BCUT2D eigenvalue weighted by atomic mass is 79.9. The van der Waals surface area contributed by atoms with Gasteiger partial charge in [-0.2, -0.15) is 15.8 Å². The van der Waals surface area contributed by atoms with Gasteiger partial charge in [-0.15, -0.1) is 0 Å². The Labute approximate surface area is 148 Å². The number of nitrogens with zero attached hydrogens (tertiary/aromatic N) is 3. The van der Waals surface area contributed by atoms with E-state index >= 15 is 0 Å². The van der Waals surface area contributed by atoms with Crippen molar-refractivity contribution in [1.82, 2.24) is 0 Å². The van der Waals surface area contributed by atoms with Crippen LogP contribution in [0.25, 0.3) is 0 Å². The molecule has 0 aliphatic carbocycles. The molecule has 0 unspecified atom stereocenters. The van der Waals surface area contributed by atoms with Crippen LogP contribution in [0.15, 0.2) is 33.9 Å². The Balaban J connectivity index is 3.06. The number of rotatable bonds is 3. The summed E-state index contributed by atoms with van der Waals surface area (Å²) in [4.78, 5) is 11.8. The molecule has 0 aliphatic heterocycles. The first kappa shape index (κ1) is 19.0. The van der Waals surface area contributed by atoms with Crippen LogP contribution in [0.3, 0.4) is 0 Å². The number of anilines is 2. The molecular weight excluding hydrogens is 374 g/mol. The fourth-order valence-electron chi connectivity index (χ4n) is 1.54. The minimum Gasteiger partial charge on any atom is -0.444 e. The van der Waals surface area contributed by atoms with Crippen LogP contribution in [0.5, 0.6) is 0 Å². The monoisotopic (exact) mass is 387 g/mol. The maximum absolute atomic E-state index is 11.8. The number of ether oxygens (including phenoxy) is 1. The summed E-state index contributed by atoms with van der Waals surface area (Å²) in [5, 5.41) is 32.0. The van der Waals surface area contributed by atoms with Crippen LogP contribution in [0.4, 0.5) is 16.2 Å². The summed E-state index contributed by atoms with van der Waals surface area (Å²) >= 11 is 3.29. The highest BCUT2D eigenvalue weighted by Crippen LogP contribution is 2.28. The summed E-state index contributed by atoms with van der Waals surface area (Å²) in [7, 11) is 0. The van der Waals surface area contributed by atoms with Gasteiger partial charge in [0.05, 0.1) is 5.69 Å². The Morgan fingerprint density at radius 3 is 2.25 bits per heavy atom. The summed E-state index contributed by atoms with van der Waals surface area (Å²) in [5.74, 6) is 0. The molecule has 0 aromatic heterocycles. The van der Waals surface area contributed by atoms with Crippen molar-refractivity contribution in [1.29, 1.82) is 15.8 Å². The molecule has 1 amide bonds. The Morgan fingerprint density at radius 1 is 1.12 bits per heavy atom. The predicted molar refractivity (Wildman–Crippen MR) is 91.5 cm³/mol. The van der Waals surface area contributed by atoms with Crippen LogP contribution in [-0.2, 0) is 4.74 Å². The molecule has 2 N–H and O–H groups in total. The predicted octanol–water partition coefficient (Wildman–Crippen LogP) is 4.03. The summed E-state index contributed by atoms with van der Waals surface area (Å²) < 4.78 is 5.74. The number of carbonyl (C=O) groups excluding carboxylic acids is 1. The van der Waals surface area contributed by atoms with Crippen molar-refractivity contribution < 1.29 is 9.53 Å². The Hall–Kier alpha value is -3.02. The van der Waals surface area contributed by atoms with Gasteiger partial charge in [0.25, 0.3) is 0 Å². The van der Waals surface area contributed by atoms with E-state index in [1.807, 2.05) is 0 Å². The van der Waals surface area contributed by atoms with Crippen molar-refractivity contribution in [3.05, 3.63) is 33.9 Å². The van der Waals surface area contributed by atoms with Gasteiger partial charge < -0.3 is 10.1 Å². The molecule has 7 nitrogen and oxygen atoms in total. The lowest BCUT2D eigenvalue weighted by Gasteiger charge is -2.20. The second-order valence-electron chi connectivity index (χ2n) is 5.53. The fourth-order valence-corrected chi connectivity index (χ4v) is 1.88. The lowest BCUT2D eigenvalue weighted by Crippen LogP contribution is -2.27. The molecule has 0 spiro atoms. The topological polar surface area (TPSA) is 122 Å². The molecule has 0 bridgehead atoms. The molecule has 0 saturated carbocycles. The second kappa shape index (κ2) is 8.01. The number of halogens is 1. The van der Waals surface area contributed by atoms with E-state index in [9.17, 15) is 4.79 Å². The van der Waals surface area contributed by atoms with Gasteiger partial charge >= 0.3 is 6.09 Å². The molecular formula is C16H14BrN5O2. The number of benzene rings is 1. The molecule has 1 aromatic rings. The SMILES string of the molecule is CC(C)(C)OC(=O)Nc1ccc(Br)c(NC(C#N)=C(C#N)C#N)c1. The van der Waals surface area contributed by atoms with E-state index in [0.717, 1.165) is 0 Å².